The lowest BCUT2D eigenvalue weighted by atomic mass is 10.1. The first kappa shape index (κ1) is 16.0. The van der Waals surface area contributed by atoms with Crippen LogP contribution in [0.5, 0.6) is 0 Å². The van der Waals surface area contributed by atoms with E-state index < -0.39 is 11.9 Å². The van der Waals surface area contributed by atoms with E-state index >= 15 is 0 Å². The summed E-state index contributed by atoms with van der Waals surface area (Å²) in [6, 6.07) is 10.5. The number of urea groups is 1. The summed E-state index contributed by atoms with van der Waals surface area (Å²) in [5.74, 6) is -0.608. The maximum absolute atomic E-state index is 12.6. The maximum atomic E-state index is 12.6. The fourth-order valence-electron chi connectivity index (χ4n) is 2.37. The number of aromatic nitrogens is 2. The Kier molecular flexibility index (Phi) is 4.22. The summed E-state index contributed by atoms with van der Waals surface area (Å²) in [5, 5.41) is 4.82. The molecule has 3 amide bonds. The molecule has 24 heavy (non-hydrogen) atoms. The molecule has 8 heteroatoms. The van der Waals surface area contributed by atoms with Gasteiger partial charge in [0.05, 0.1) is 16.7 Å². The number of hydrogen-bond donors (Lipinski definition) is 2. The second-order valence-electron chi connectivity index (χ2n) is 5.18. The third kappa shape index (κ3) is 3.09. The van der Waals surface area contributed by atoms with Crippen LogP contribution in [0.15, 0.2) is 46.3 Å². The summed E-state index contributed by atoms with van der Waals surface area (Å²) in [7, 11) is 1.60. The molecule has 7 nitrogen and oxygen atoms in total. The number of nitrogens with one attached hydrogen (secondary N) is 1. The number of benzene rings is 2. The van der Waals surface area contributed by atoms with E-state index in [4.69, 9.17) is 5.73 Å². The molecule has 3 rings (SSSR count). The largest absolute Gasteiger partial charge is 0.351 e. The molecule has 3 aromatic rings. The first-order chi connectivity index (χ1) is 11.5. The van der Waals surface area contributed by atoms with E-state index in [0.29, 0.717) is 16.1 Å². The molecule has 1 heterocycles. The molecule has 0 fully saturated rings. The number of amides is 3. The van der Waals surface area contributed by atoms with Gasteiger partial charge < -0.3 is 5.73 Å². The van der Waals surface area contributed by atoms with Crippen LogP contribution in [0.4, 0.5) is 4.79 Å². The van der Waals surface area contributed by atoms with Crippen molar-refractivity contribution >= 4 is 45.4 Å². The summed E-state index contributed by atoms with van der Waals surface area (Å²) in [6.07, 6.45) is 0. The Hall–Kier alpha value is -2.87. The normalized spacial score (nSPS) is 10.9. The van der Waals surface area contributed by atoms with Crippen LogP contribution in [0.1, 0.15) is 0 Å². The number of carbonyl (C=O) groups is 2. The Morgan fingerprint density at radius 2 is 1.92 bits per heavy atom. The van der Waals surface area contributed by atoms with Gasteiger partial charge in [-0.3, -0.25) is 19.5 Å². The van der Waals surface area contributed by atoms with Gasteiger partial charge in [-0.1, -0.05) is 36.0 Å². The van der Waals surface area contributed by atoms with Crippen molar-refractivity contribution in [3.8, 4) is 0 Å². The van der Waals surface area contributed by atoms with Crippen molar-refractivity contribution in [3.05, 3.63) is 46.8 Å². The Labute approximate surface area is 140 Å². The SMILES string of the molecule is Cn1c(SCC(=O)NC(N)=O)nc2cc3ccccc3cc2c1=O. The molecule has 0 radical (unpaired) electrons. The number of fused-ring (bicyclic) bond motifs is 2. The Balaban J connectivity index is 2.01. The van der Waals surface area contributed by atoms with Gasteiger partial charge in [-0.05, 0) is 22.9 Å². The highest BCUT2D eigenvalue weighted by Gasteiger charge is 2.12. The fraction of sp³-hybridized carbons (Fsp3) is 0.125. The van der Waals surface area contributed by atoms with E-state index in [0.717, 1.165) is 22.5 Å². The van der Waals surface area contributed by atoms with E-state index in [2.05, 4.69) is 4.98 Å². The Morgan fingerprint density at radius 3 is 2.58 bits per heavy atom. The van der Waals surface area contributed by atoms with Crippen molar-refractivity contribution in [2.75, 3.05) is 5.75 Å². The third-order valence-electron chi connectivity index (χ3n) is 3.50. The van der Waals surface area contributed by atoms with Gasteiger partial charge in [0.2, 0.25) is 5.91 Å². The quantitative estimate of drug-likeness (QED) is 0.425. The van der Waals surface area contributed by atoms with Gasteiger partial charge in [0.1, 0.15) is 0 Å². The van der Waals surface area contributed by atoms with Crippen molar-refractivity contribution in [3.63, 3.8) is 0 Å². The zero-order valence-electron chi connectivity index (χ0n) is 12.8. The monoisotopic (exact) mass is 342 g/mol. The van der Waals surface area contributed by atoms with Gasteiger partial charge in [-0.2, -0.15) is 0 Å². The summed E-state index contributed by atoms with van der Waals surface area (Å²) in [6.45, 7) is 0. The van der Waals surface area contributed by atoms with E-state index in [-0.39, 0.29) is 11.3 Å². The fourth-order valence-corrected chi connectivity index (χ4v) is 3.14. The molecule has 0 aliphatic carbocycles. The van der Waals surface area contributed by atoms with Crippen LogP contribution < -0.4 is 16.6 Å². The van der Waals surface area contributed by atoms with Gasteiger partial charge in [0.25, 0.3) is 5.56 Å². The van der Waals surface area contributed by atoms with Crippen molar-refractivity contribution in [1.82, 2.24) is 14.9 Å². The molecule has 0 bridgehead atoms. The number of hydrogen-bond acceptors (Lipinski definition) is 5. The van der Waals surface area contributed by atoms with Crippen LogP contribution >= 0.6 is 11.8 Å². The second-order valence-corrected chi connectivity index (χ2v) is 6.12. The molecule has 0 spiro atoms. The molecule has 122 valence electrons. The van der Waals surface area contributed by atoms with Crippen molar-refractivity contribution in [2.24, 2.45) is 12.8 Å². The molecule has 3 N–H and O–H groups in total. The highest BCUT2D eigenvalue weighted by molar-refractivity contribution is 7.99. The molecule has 0 aliphatic heterocycles. The van der Waals surface area contributed by atoms with Crippen LogP contribution in [0.25, 0.3) is 21.7 Å². The molecule has 1 aromatic heterocycles. The molecule has 0 atom stereocenters. The zero-order chi connectivity index (χ0) is 17.3. The molecular weight excluding hydrogens is 328 g/mol. The Bertz CT molecular complexity index is 1030. The van der Waals surface area contributed by atoms with Gasteiger partial charge in [0.15, 0.2) is 5.16 Å². The van der Waals surface area contributed by atoms with Crippen molar-refractivity contribution in [1.29, 1.82) is 0 Å². The van der Waals surface area contributed by atoms with Crippen LogP contribution in [0, 0.1) is 0 Å². The summed E-state index contributed by atoms with van der Waals surface area (Å²) in [4.78, 5) is 39.2. The van der Waals surface area contributed by atoms with Crippen LogP contribution in [0.3, 0.4) is 0 Å². The lowest BCUT2D eigenvalue weighted by molar-refractivity contribution is -0.117. The van der Waals surface area contributed by atoms with E-state index in [1.807, 2.05) is 41.7 Å². The highest BCUT2D eigenvalue weighted by Crippen LogP contribution is 2.22. The average Bonchev–Trinajstić information content (AvgIpc) is 2.55. The number of thioether (sulfide) groups is 1. The van der Waals surface area contributed by atoms with E-state index in [9.17, 15) is 14.4 Å². The predicted molar refractivity (Wildman–Crippen MR) is 92.9 cm³/mol. The van der Waals surface area contributed by atoms with Crippen LogP contribution in [0.2, 0.25) is 0 Å². The number of imide groups is 1. The Morgan fingerprint density at radius 1 is 1.25 bits per heavy atom. The lowest BCUT2D eigenvalue weighted by Crippen LogP contribution is -2.36. The number of carbonyl (C=O) groups excluding carboxylic acids is 2. The minimum atomic E-state index is -0.910. The molecule has 0 aliphatic rings. The van der Waals surface area contributed by atoms with Crippen LogP contribution in [-0.4, -0.2) is 27.2 Å². The molecule has 2 aromatic carbocycles. The molecule has 0 saturated carbocycles. The molecular formula is C16H14N4O3S. The number of nitrogens with two attached hydrogens (primary N) is 1. The van der Waals surface area contributed by atoms with Crippen molar-refractivity contribution in [2.45, 2.75) is 5.16 Å². The minimum Gasteiger partial charge on any atom is -0.351 e. The van der Waals surface area contributed by atoms with Crippen molar-refractivity contribution < 1.29 is 9.59 Å². The van der Waals surface area contributed by atoms with Gasteiger partial charge in [-0.25, -0.2) is 9.78 Å². The zero-order valence-corrected chi connectivity index (χ0v) is 13.6. The number of rotatable bonds is 3. The standard InChI is InChI=1S/C16H14N4O3S/c1-20-14(22)11-6-9-4-2-3-5-10(9)7-12(11)18-16(20)24-8-13(21)19-15(17)23/h2-7H,8H2,1H3,(H3,17,19,21,23). The average molecular weight is 342 g/mol. The van der Waals surface area contributed by atoms with E-state index in [1.54, 1.807) is 7.05 Å². The first-order valence-corrected chi connectivity index (χ1v) is 8.06. The predicted octanol–water partition coefficient (Wildman–Crippen LogP) is 1.37. The maximum Gasteiger partial charge on any atom is 0.318 e. The molecule has 0 unspecified atom stereocenters. The van der Waals surface area contributed by atoms with Gasteiger partial charge in [-0.15, -0.1) is 0 Å². The smallest absolute Gasteiger partial charge is 0.318 e. The third-order valence-corrected chi connectivity index (χ3v) is 4.53. The molecule has 0 saturated heterocycles. The minimum absolute atomic E-state index is 0.0672. The number of primary amides is 1. The lowest BCUT2D eigenvalue weighted by Gasteiger charge is -2.09. The second kappa shape index (κ2) is 6.32. The van der Waals surface area contributed by atoms with E-state index in [1.165, 1.54) is 4.57 Å². The summed E-state index contributed by atoms with van der Waals surface area (Å²) in [5.41, 5.74) is 5.27. The van der Waals surface area contributed by atoms with Gasteiger partial charge >= 0.3 is 6.03 Å². The summed E-state index contributed by atoms with van der Waals surface area (Å²) < 4.78 is 1.39. The van der Waals surface area contributed by atoms with Gasteiger partial charge in [0, 0.05) is 7.05 Å². The van der Waals surface area contributed by atoms with Crippen LogP contribution in [-0.2, 0) is 11.8 Å². The summed E-state index contributed by atoms with van der Waals surface area (Å²) >= 11 is 1.06. The highest BCUT2D eigenvalue weighted by atomic mass is 32.2. The number of nitrogens with zero attached hydrogens (tertiary/aromatic N) is 2. The topological polar surface area (TPSA) is 107 Å². The first-order valence-electron chi connectivity index (χ1n) is 7.07.